The highest BCUT2D eigenvalue weighted by atomic mass is 16.3. The van der Waals surface area contributed by atoms with E-state index >= 15 is 0 Å². The predicted molar refractivity (Wildman–Crippen MR) is 79.8 cm³/mol. The first-order valence-electron chi connectivity index (χ1n) is 7.33. The van der Waals surface area contributed by atoms with Crippen LogP contribution in [0.15, 0.2) is 4.99 Å². The van der Waals surface area contributed by atoms with Crippen LogP contribution in [0.4, 0.5) is 5.82 Å². The monoisotopic (exact) mass is 293 g/mol. The number of carbonyl (C=O) groups is 1. The topological polar surface area (TPSA) is 92.4 Å². The van der Waals surface area contributed by atoms with Crippen LogP contribution in [0.3, 0.4) is 0 Å². The summed E-state index contributed by atoms with van der Waals surface area (Å²) >= 11 is 0. The molecule has 1 saturated carbocycles. The number of nitrogens with one attached hydrogen (secondary N) is 1. The summed E-state index contributed by atoms with van der Waals surface area (Å²) < 4.78 is 1.71. The van der Waals surface area contributed by atoms with E-state index in [1.54, 1.807) is 11.7 Å². The molecule has 2 N–H and O–H groups in total. The summed E-state index contributed by atoms with van der Waals surface area (Å²) in [4.78, 5) is 15.8. The minimum Gasteiger partial charge on any atom is -0.396 e. The molecule has 0 aliphatic heterocycles. The van der Waals surface area contributed by atoms with Gasteiger partial charge in [-0.2, -0.15) is 0 Å². The van der Waals surface area contributed by atoms with Crippen LogP contribution in [0.1, 0.15) is 43.2 Å². The van der Waals surface area contributed by atoms with Gasteiger partial charge in [-0.3, -0.25) is 4.79 Å². The van der Waals surface area contributed by atoms with Crippen LogP contribution in [0.25, 0.3) is 0 Å². The highest BCUT2D eigenvalue weighted by Gasteiger charge is 2.42. The number of aliphatic hydroxyl groups excluding tert-OH is 1. The third kappa shape index (κ3) is 2.57. The zero-order valence-electron chi connectivity index (χ0n) is 12.8. The van der Waals surface area contributed by atoms with E-state index in [1.165, 1.54) is 0 Å². The van der Waals surface area contributed by atoms with Gasteiger partial charge in [-0.05, 0) is 30.9 Å². The summed E-state index contributed by atoms with van der Waals surface area (Å²) in [6, 6.07) is 0.0913. The second kappa shape index (κ2) is 6.34. The summed E-state index contributed by atoms with van der Waals surface area (Å²) in [6.45, 7) is 8.00. The molecule has 7 heteroatoms. The molecule has 1 aromatic heterocycles. The Morgan fingerprint density at radius 2 is 2.33 bits per heavy atom. The number of rotatable bonds is 5. The van der Waals surface area contributed by atoms with Gasteiger partial charge in [-0.1, -0.05) is 25.5 Å². The summed E-state index contributed by atoms with van der Waals surface area (Å²) in [7, 11) is 1.54. The van der Waals surface area contributed by atoms with Gasteiger partial charge in [0.05, 0.1) is 6.04 Å². The molecule has 1 fully saturated rings. The average Bonchev–Trinajstić information content (AvgIpc) is 3.06. The lowest BCUT2D eigenvalue weighted by molar-refractivity contribution is 0.0959. The first-order chi connectivity index (χ1) is 10.1. The maximum atomic E-state index is 11.8. The van der Waals surface area contributed by atoms with Crippen molar-refractivity contribution in [1.29, 1.82) is 0 Å². The van der Waals surface area contributed by atoms with E-state index in [1.807, 2.05) is 0 Å². The molecule has 0 radical (unpaired) electrons. The number of amides is 1. The number of nitrogens with zero attached hydrogens (tertiary/aromatic N) is 4. The molecule has 0 spiro atoms. The molecule has 21 heavy (non-hydrogen) atoms. The molecule has 0 bridgehead atoms. The molecule has 1 aromatic rings. The van der Waals surface area contributed by atoms with Crippen LogP contribution in [0.2, 0.25) is 0 Å². The second-order valence-corrected chi connectivity index (χ2v) is 5.62. The molecule has 1 aliphatic rings. The summed E-state index contributed by atoms with van der Waals surface area (Å²) in [5.74, 6) is 1.10. The molecule has 2 rings (SSSR count). The van der Waals surface area contributed by atoms with Crippen LogP contribution in [0.5, 0.6) is 0 Å². The Hall–Kier alpha value is -1.76. The third-order valence-corrected chi connectivity index (χ3v) is 4.74. The Morgan fingerprint density at radius 3 is 2.86 bits per heavy atom. The van der Waals surface area contributed by atoms with E-state index in [0.29, 0.717) is 17.7 Å². The normalized spacial score (nSPS) is 28.6. The lowest BCUT2D eigenvalue weighted by atomic mass is 9.89. The summed E-state index contributed by atoms with van der Waals surface area (Å²) in [6.07, 6.45) is 1.79. The fourth-order valence-corrected chi connectivity index (χ4v) is 3.49. The van der Waals surface area contributed by atoms with Gasteiger partial charge >= 0.3 is 0 Å². The Kier molecular flexibility index (Phi) is 4.72. The molecule has 0 aromatic carbocycles. The maximum Gasteiger partial charge on any atom is 0.275 e. The Balaban J connectivity index is 2.39. The Labute approximate surface area is 124 Å². The van der Waals surface area contributed by atoms with Crippen LogP contribution < -0.4 is 5.32 Å². The van der Waals surface area contributed by atoms with E-state index < -0.39 is 0 Å². The first kappa shape index (κ1) is 15.6. The third-order valence-electron chi connectivity index (χ3n) is 4.74. The van der Waals surface area contributed by atoms with Gasteiger partial charge in [0.1, 0.15) is 0 Å². The first-order valence-corrected chi connectivity index (χ1v) is 7.33. The number of carbonyl (C=O) groups excluding carboxylic acids is 1. The van der Waals surface area contributed by atoms with Crippen molar-refractivity contribution in [3.63, 3.8) is 0 Å². The summed E-state index contributed by atoms with van der Waals surface area (Å²) in [5, 5.41) is 20.1. The maximum absolute atomic E-state index is 11.8. The number of hydrogen-bond donors (Lipinski definition) is 2. The summed E-state index contributed by atoms with van der Waals surface area (Å²) in [5.41, 5.74) is 0.197. The molecule has 4 atom stereocenters. The van der Waals surface area contributed by atoms with Crippen molar-refractivity contribution in [3.8, 4) is 0 Å². The minimum absolute atomic E-state index is 0.0913. The second-order valence-electron chi connectivity index (χ2n) is 5.62. The fourth-order valence-electron chi connectivity index (χ4n) is 3.49. The van der Waals surface area contributed by atoms with Crippen molar-refractivity contribution in [1.82, 2.24) is 20.3 Å². The van der Waals surface area contributed by atoms with Crippen molar-refractivity contribution >= 4 is 18.4 Å². The average molecular weight is 293 g/mol. The highest BCUT2D eigenvalue weighted by Crippen LogP contribution is 2.46. The zero-order valence-corrected chi connectivity index (χ0v) is 12.8. The smallest absolute Gasteiger partial charge is 0.275 e. The molecule has 7 nitrogen and oxygen atoms in total. The van der Waals surface area contributed by atoms with Gasteiger partial charge in [0.25, 0.3) is 5.91 Å². The van der Waals surface area contributed by atoms with Gasteiger partial charge < -0.3 is 10.4 Å². The van der Waals surface area contributed by atoms with Gasteiger partial charge in [0.15, 0.2) is 11.5 Å². The molecule has 2 unspecified atom stereocenters. The molecular weight excluding hydrogens is 270 g/mol. The van der Waals surface area contributed by atoms with Gasteiger partial charge in [0, 0.05) is 13.7 Å². The lowest BCUT2D eigenvalue weighted by Gasteiger charge is -2.22. The fraction of sp³-hybridized carbons (Fsp3) is 0.714. The Bertz CT molecular complexity index is 527. The van der Waals surface area contributed by atoms with Crippen LogP contribution in [-0.2, 0) is 0 Å². The standard InChI is InChI=1S/C14H23N5O2/c1-5-10-8(2)9(7-20)6-11(10)19-13(15-3)12(17-18-19)14(21)16-4/h8-11,20H,3,5-7H2,1-2,4H3,(H,16,21)/t8-,9?,10-,11?/m1/s1. The van der Waals surface area contributed by atoms with E-state index in [9.17, 15) is 9.90 Å². The van der Waals surface area contributed by atoms with Gasteiger partial charge in [-0.15, -0.1) is 5.10 Å². The van der Waals surface area contributed by atoms with Crippen molar-refractivity contribution in [3.05, 3.63) is 5.69 Å². The van der Waals surface area contributed by atoms with Gasteiger partial charge in [-0.25, -0.2) is 9.67 Å². The molecule has 1 heterocycles. The number of aliphatic hydroxyl groups is 1. The van der Waals surface area contributed by atoms with Crippen LogP contribution in [-0.4, -0.2) is 46.4 Å². The van der Waals surface area contributed by atoms with Crippen molar-refractivity contribution in [2.24, 2.45) is 22.7 Å². The van der Waals surface area contributed by atoms with Crippen molar-refractivity contribution in [2.45, 2.75) is 32.7 Å². The van der Waals surface area contributed by atoms with Crippen LogP contribution >= 0.6 is 0 Å². The van der Waals surface area contributed by atoms with E-state index in [-0.39, 0.29) is 30.2 Å². The van der Waals surface area contributed by atoms with Crippen LogP contribution in [0, 0.1) is 17.8 Å². The number of aromatic nitrogens is 3. The van der Waals surface area contributed by atoms with E-state index in [2.05, 4.69) is 41.2 Å². The molecule has 0 saturated heterocycles. The lowest BCUT2D eigenvalue weighted by Crippen LogP contribution is -2.20. The van der Waals surface area contributed by atoms with Crippen molar-refractivity contribution in [2.75, 3.05) is 13.7 Å². The predicted octanol–water partition coefficient (Wildman–Crippen LogP) is 1.19. The van der Waals surface area contributed by atoms with E-state index in [0.717, 1.165) is 12.8 Å². The van der Waals surface area contributed by atoms with E-state index in [4.69, 9.17) is 0 Å². The Morgan fingerprint density at radius 1 is 1.62 bits per heavy atom. The highest BCUT2D eigenvalue weighted by molar-refractivity contribution is 5.96. The number of hydrogen-bond acceptors (Lipinski definition) is 5. The van der Waals surface area contributed by atoms with Gasteiger partial charge in [0.2, 0.25) is 0 Å². The zero-order chi connectivity index (χ0) is 15.6. The number of aliphatic imine (C=N–C) groups is 1. The quantitative estimate of drug-likeness (QED) is 0.797. The largest absolute Gasteiger partial charge is 0.396 e. The molecule has 1 aliphatic carbocycles. The minimum atomic E-state index is -0.318. The molecule has 116 valence electrons. The SMILES string of the molecule is C=Nc1c(C(=O)NC)nnn1C1CC(CO)[C@@H](C)[C@H]1CC. The van der Waals surface area contributed by atoms with Crippen molar-refractivity contribution < 1.29 is 9.90 Å². The molecular formula is C14H23N5O2. The molecule has 1 amide bonds.